The van der Waals surface area contributed by atoms with Crippen LogP contribution in [0.3, 0.4) is 0 Å². The summed E-state index contributed by atoms with van der Waals surface area (Å²) in [5.41, 5.74) is 1.82. The van der Waals surface area contributed by atoms with Gasteiger partial charge in [0.05, 0.1) is 4.90 Å². The molecule has 2 aromatic carbocycles. The van der Waals surface area contributed by atoms with Crippen molar-refractivity contribution in [1.29, 1.82) is 0 Å². The Morgan fingerprint density at radius 3 is 2.23 bits per heavy atom. The second kappa shape index (κ2) is 8.88. The molecule has 2 saturated heterocycles. The van der Waals surface area contributed by atoms with Gasteiger partial charge >= 0.3 is 0 Å². The number of carbonyl (C=O) groups is 1. The number of hydrogen-bond donors (Lipinski definition) is 0. The maximum Gasteiger partial charge on any atom is 0.253 e. The van der Waals surface area contributed by atoms with E-state index in [0.717, 1.165) is 25.9 Å². The Morgan fingerprint density at radius 1 is 0.933 bits per heavy atom. The summed E-state index contributed by atoms with van der Waals surface area (Å²) < 4.78 is 26.9. The Bertz CT molecular complexity index is 971. The Morgan fingerprint density at radius 2 is 1.60 bits per heavy atom. The van der Waals surface area contributed by atoms with E-state index in [-0.39, 0.29) is 16.8 Å². The predicted molar refractivity (Wildman–Crippen MR) is 117 cm³/mol. The monoisotopic (exact) mass is 427 g/mol. The van der Waals surface area contributed by atoms with E-state index in [1.54, 1.807) is 24.3 Å². The highest BCUT2D eigenvalue weighted by atomic mass is 32.2. The molecule has 2 aliphatic rings. The van der Waals surface area contributed by atoms with Crippen molar-refractivity contribution in [2.45, 2.75) is 37.2 Å². The van der Waals surface area contributed by atoms with Crippen LogP contribution in [0.5, 0.6) is 0 Å². The Hall–Kier alpha value is -2.22. The summed E-state index contributed by atoms with van der Waals surface area (Å²) in [5, 5.41) is 0. The summed E-state index contributed by atoms with van der Waals surface area (Å²) in [7, 11) is -3.45. The van der Waals surface area contributed by atoms with Crippen LogP contribution in [0.1, 0.15) is 35.7 Å². The molecule has 1 amide bonds. The van der Waals surface area contributed by atoms with Gasteiger partial charge in [-0.1, -0.05) is 30.3 Å². The number of piperazine rings is 1. The zero-order chi connectivity index (χ0) is 21.1. The summed E-state index contributed by atoms with van der Waals surface area (Å²) in [4.78, 5) is 17.5. The molecule has 30 heavy (non-hydrogen) atoms. The fourth-order valence-electron chi connectivity index (χ4n) is 4.26. The van der Waals surface area contributed by atoms with Crippen LogP contribution in [0.25, 0.3) is 0 Å². The minimum absolute atomic E-state index is 0.0358. The van der Waals surface area contributed by atoms with Crippen LogP contribution in [0.4, 0.5) is 0 Å². The number of hydrogen-bond acceptors (Lipinski definition) is 4. The van der Waals surface area contributed by atoms with Crippen LogP contribution in [-0.2, 0) is 16.6 Å². The van der Waals surface area contributed by atoms with Crippen LogP contribution < -0.4 is 0 Å². The van der Waals surface area contributed by atoms with E-state index in [0.29, 0.717) is 31.7 Å². The summed E-state index contributed by atoms with van der Waals surface area (Å²) in [6.07, 6.45) is 1.81. The fraction of sp³-hybridized carbons (Fsp3) is 0.435. The number of carbonyl (C=O) groups excluding carboxylic acids is 1. The molecule has 0 bridgehead atoms. The number of rotatable bonds is 5. The first-order valence-corrected chi connectivity index (χ1v) is 12.1. The lowest BCUT2D eigenvalue weighted by Crippen LogP contribution is -2.53. The van der Waals surface area contributed by atoms with Crippen LogP contribution >= 0.6 is 0 Å². The Labute approximate surface area is 179 Å². The summed E-state index contributed by atoms with van der Waals surface area (Å²) >= 11 is 0. The van der Waals surface area contributed by atoms with Gasteiger partial charge in [-0.15, -0.1) is 0 Å². The molecule has 0 spiro atoms. The van der Waals surface area contributed by atoms with Crippen molar-refractivity contribution in [3.05, 3.63) is 65.7 Å². The fourth-order valence-corrected chi connectivity index (χ4v) is 5.78. The molecular formula is C23H29N3O3S. The molecule has 0 radical (unpaired) electrons. The van der Waals surface area contributed by atoms with Gasteiger partial charge in [0.1, 0.15) is 0 Å². The molecule has 2 heterocycles. The molecule has 0 N–H and O–H groups in total. The van der Waals surface area contributed by atoms with Crippen molar-refractivity contribution >= 4 is 15.9 Å². The number of amides is 1. The molecule has 160 valence electrons. The topological polar surface area (TPSA) is 60.9 Å². The Kier molecular flexibility index (Phi) is 6.22. The van der Waals surface area contributed by atoms with Crippen molar-refractivity contribution in [1.82, 2.24) is 14.1 Å². The van der Waals surface area contributed by atoms with Gasteiger partial charge in [-0.2, -0.15) is 4.31 Å². The van der Waals surface area contributed by atoms with Gasteiger partial charge in [0.15, 0.2) is 0 Å². The second-order valence-electron chi connectivity index (χ2n) is 8.19. The smallest absolute Gasteiger partial charge is 0.253 e. The first-order valence-electron chi connectivity index (χ1n) is 10.6. The lowest BCUT2D eigenvalue weighted by Gasteiger charge is -2.40. The minimum Gasteiger partial charge on any atom is -0.336 e. The van der Waals surface area contributed by atoms with E-state index in [9.17, 15) is 13.2 Å². The highest BCUT2D eigenvalue weighted by Crippen LogP contribution is 2.22. The largest absolute Gasteiger partial charge is 0.336 e. The van der Waals surface area contributed by atoms with Gasteiger partial charge in [-0.3, -0.25) is 9.69 Å². The van der Waals surface area contributed by atoms with E-state index in [1.165, 1.54) is 9.87 Å². The third kappa shape index (κ3) is 4.43. The summed E-state index contributed by atoms with van der Waals surface area (Å²) in [6, 6.07) is 17.1. The third-order valence-electron chi connectivity index (χ3n) is 6.08. The van der Waals surface area contributed by atoms with E-state index in [4.69, 9.17) is 0 Å². The minimum atomic E-state index is -3.45. The molecule has 1 unspecified atom stereocenters. The molecule has 0 saturated carbocycles. The average Bonchev–Trinajstić information content (AvgIpc) is 3.31. The molecule has 2 aliphatic heterocycles. The second-order valence-corrected chi connectivity index (χ2v) is 10.1. The summed E-state index contributed by atoms with van der Waals surface area (Å²) in [6.45, 7) is 6.34. The average molecular weight is 428 g/mol. The van der Waals surface area contributed by atoms with E-state index in [2.05, 4.69) is 24.0 Å². The van der Waals surface area contributed by atoms with Crippen LogP contribution in [0.15, 0.2) is 59.5 Å². The number of benzene rings is 2. The van der Waals surface area contributed by atoms with Gasteiger partial charge in [0, 0.05) is 50.9 Å². The highest BCUT2D eigenvalue weighted by Gasteiger charge is 2.29. The SMILES string of the molecule is CC1CN(C(=O)c2ccc(S(=O)(=O)N3CCCC3)cc2)CCN1Cc1ccccc1. The maximum atomic E-state index is 13.0. The van der Waals surface area contributed by atoms with Crippen molar-refractivity contribution in [3.8, 4) is 0 Å². The molecule has 2 fully saturated rings. The van der Waals surface area contributed by atoms with Crippen molar-refractivity contribution < 1.29 is 13.2 Å². The third-order valence-corrected chi connectivity index (χ3v) is 8.00. The predicted octanol–water partition coefficient (Wildman–Crippen LogP) is 2.82. The molecule has 6 nitrogen and oxygen atoms in total. The van der Waals surface area contributed by atoms with Crippen LogP contribution in [-0.4, -0.2) is 67.2 Å². The van der Waals surface area contributed by atoms with Crippen molar-refractivity contribution in [2.24, 2.45) is 0 Å². The lowest BCUT2D eigenvalue weighted by atomic mass is 10.1. The van der Waals surface area contributed by atoms with Crippen LogP contribution in [0.2, 0.25) is 0 Å². The standard InChI is InChI=1S/C23H29N3O3S/c1-19-17-25(16-15-24(19)18-20-7-3-2-4-8-20)23(27)21-9-11-22(12-10-21)30(28,29)26-13-5-6-14-26/h2-4,7-12,19H,5-6,13-18H2,1H3. The zero-order valence-electron chi connectivity index (χ0n) is 17.4. The van der Waals surface area contributed by atoms with Crippen molar-refractivity contribution in [2.75, 3.05) is 32.7 Å². The first kappa shape index (κ1) is 21.0. The molecular weight excluding hydrogens is 398 g/mol. The van der Waals surface area contributed by atoms with E-state index >= 15 is 0 Å². The molecule has 0 aromatic heterocycles. The molecule has 2 aromatic rings. The highest BCUT2D eigenvalue weighted by molar-refractivity contribution is 7.89. The quantitative estimate of drug-likeness (QED) is 0.736. The van der Waals surface area contributed by atoms with Crippen LogP contribution in [0, 0.1) is 0 Å². The molecule has 4 rings (SSSR count). The molecule has 7 heteroatoms. The number of nitrogens with zero attached hydrogens (tertiary/aromatic N) is 3. The number of sulfonamides is 1. The van der Waals surface area contributed by atoms with E-state index < -0.39 is 10.0 Å². The maximum absolute atomic E-state index is 13.0. The zero-order valence-corrected chi connectivity index (χ0v) is 18.2. The van der Waals surface area contributed by atoms with Gasteiger partial charge in [-0.25, -0.2) is 8.42 Å². The summed E-state index contributed by atoms with van der Waals surface area (Å²) in [5.74, 6) is -0.0358. The Balaban J connectivity index is 1.39. The normalized spacial score (nSPS) is 21.1. The van der Waals surface area contributed by atoms with Gasteiger partial charge in [-0.05, 0) is 49.6 Å². The van der Waals surface area contributed by atoms with E-state index in [1.807, 2.05) is 23.1 Å². The van der Waals surface area contributed by atoms with Crippen molar-refractivity contribution in [3.63, 3.8) is 0 Å². The molecule has 1 atom stereocenters. The van der Waals surface area contributed by atoms with Gasteiger partial charge in [0.25, 0.3) is 5.91 Å². The van der Waals surface area contributed by atoms with Gasteiger partial charge in [0.2, 0.25) is 10.0 Å². The van der Waals surface area contributed by atoms with Gasteiger partial charge < -0.3 is 4.90 Å². The molecule has 0 aliphatic carbocycles. The lowest BCUT2D eigenvalue weighted by molar-refractivity contribution is 0.0495. The first-order chi connectivity index (χ1) is 14.4.